The molecule has 1 amide bonds. The lowest BCUT2D eigenvalue weighted by Gasteiger charge is -2.35. The summed E-state index contributed by atoms with van der Waals surface area (Å²) in [5.41, 5.74) is 7.84. The first-order valence-corrected chi connectivity index (χ1v) is 9.82. The number of amides is 1. The fourth-order valence-corrected chi connectivity index (χ4v) is 3.39. The molecule has 2 aromatic rings. The summed E-state index contributed by atoms with van der Waals surface area (Å²) in [6.07, 6.45) is 0. The van der Waals surface area contributed by atoms with E-state index >= 15 is 0 Å². The van der Waals surface area contributed by atoms with E-state index in [4.69, 9.17) is 26.8 Å². The Hall–Kier alpha value is -2.28. The largest absolute Gasteiger partial charge is 0.493 e. The van der Waals surface area contributed by atoms with Gasteiger partial charge in [0.1, 0.15) is 5.75 Å². The van der Waals surface area contributed by atoms with Crippen molar-refractivity contribution in [2.24, 2.45) is 0 Å². The van der Waals surface area contributed by atoms with Crippen LogP contribution >= 0.6 is 11.6 Å². The zero-order chi connectivity index (χ0) is 19.9. The molecule has 0 aliphatic carbocycles. The van der Waals surface area contributed by atoms with Gasteiger partial charge < -0.3 is 20.5 Å². The van der Waals surface area contributed by atoms with Gasteiger partial charge in [-0.1, -0.05) is 41.9 Å². The maximum Gasteiger partial charge on any atom is 0.255 e. The van der Waals surface area contributed by atoms with Gasteiger partial charge >= 0.3 is 0 Å². The third kappa shape index (κ3) is 5.16. The van der Waals surface area contributed by atoms with Gasteiger partial charge in [0.15, 0.2) is 0 Å². The van der Waals surface area contributed by atoms with Crippen molar-refractivity contribution in [3.8, 4) is 5.75 Å². The van der Waals surface area contributed by atoms with Gasteiger partial charge in [-0.2, -0.15) is 0 Å². The molecule has 0 bridgehead atoms. The van der Waals surface area contributed by atoms with Crippen LogP contribution in [0, 0.1) is 0 Å². The molecule has 1 atom stereocenters. The molecule has 1 unspecified atom stereocenters. The molecular weight excluding hydrogens is 378 g/mol. The van der Waals surface area contributed by atoms with Crippen molar-refractivity contribution in [2.75, 3.05) is 38.6 Å². The molecule has 1 fully saturated rings. The molecule has 150 valence electrons. The molecule has 7 heteroatoms. The van der Waals surface area contributed by atoms with Gasteiger partial charge in [0.2, 0.25) is 0 Å². The van der Waals surface area contributed by atoms with Crippen molar-refractivity contribution >= 4 is 23.2 Å². The lowest BCUT2D eigenvalue weighted by molar-refractivity contribution is -0.0105. The van der Waals surface area contributed by atoms with Crippen molar-refractivity contribution < 1.29 is 14.3 Å². The molecule has 1 saturated heterocycles. The highest BCUT2D eigenvalue weighted by molar-refractivity contribution is 6.33. The van der Waals surface area contributed by atoms with E-state index in [1.807, 2.05) is 25.1 Å². The monoisotopic (exact) mass is 403 g/mol. The van der Waals surface area contributed by atoms with Crippen molar-refractivity contribution in [1.82, 2.24) is 10.2 Å². The lowest BCUT2D eigenvalue weighted by atomic mass is 10.1. The minimum absolute atomic E-state index is 0.0951. The van der Waals surface area contributed by atoms with E-state index in [0.29, 0.717) is 48.4 Å². The van der Waals surface area contributed by atoms with Crippen LogP contribution in [0.15, 0.2) is 42.5 Å². The Morgan fingerprint density at radius 2 is 2.14 bits per heavy atom. The maximum atomic E-state index is 12.8. The SMILES string of the molecule is CCOc1cc(N)c(Cl)cc1C(=O)NCC1COCCN1Cc1ccccc1. The highest BCUT2D eigenvalue weighted by Gasteiger charge is 2.24. The number of anilines is 1. The Morgan fingerprint density at radius 3 is 2.89 bits per heavy atom. The standard InChI is InChI=1S/C21H26ClN3O3/c1-2-28-20-11-19(23)18(22)10-17(20)21(26)24-12-16-14-27-9-8-25(16)13-15-6-4-3-5-7-15/h3-7,10-11,16H,2,8-9,12-14,23H2,1H3,(H,24,26). The van der Waals surface area contributed by atoms with Crippen LogP contribution in [-0.2, 0) is 11.3 Å². The molecule has 0 saturated carbocycles. The van der Waals surface area contributed by atoms with Crippen molar-refractivity contribution in [2.45, 2.75) is 19.5 Å². The number of nitrogen functional groups attached to an aromatic ring is 1. The zero-order valence-electron chi connectivity index (χ0n) is 16.0. The third-order valence-corrected chi connectivity index (χ3v) is 5.05. The van der Waals surface area contributed by atoms with Crippen LogP contribution in [0.25, 0.3) is 0 Å². The van der Waals surface area contributed by atoms with Gasteiger partial charge in [-0.3, -0.25) is 9.69 Å². The van der Waals surface area contributed by atoms with Crippen LogP contribution in [0.5, 0.6) is 5.75 Å². The Kier molecular flexibility index (Phi) is 7.14. The molecule has 3 N–H and O–H groups in total. The summed E-state index contributed by atoms with van der Waals surface area (Å²) in [5, 5.41) is 3.32. The Morgan fingerprint density at radius 1 is 1.36 bits per heavy atom. The quantitative estimate of drug-likeness (QED) is 0.695. The number of halogens is 1. The molecule has 1 aliphatic rings. The van der Waals surface area contributed by atoms with E-state index < -0.39 is 0 Å². The fraction of sp³-hybridized carbons (Fsp3) is 0.381. The first-order valence-electron chi connectivity index (χ1n) is 9.44. The Bertz CT molecular complexity index is 801. The Labute approximate surface area is 170 Å². The van der Waals surface area contributed by atoms with E-state index in [9.17, 15) is 4.79 Å². The normalized spacial score (nSPS) is 17.3. The molecule has 2 aromatic carbocycles. The predicted octanol–water partition coefficient (Wildman–Crippen LogP) is 2.95. The number of carbonyl (C=O) groups is 1. The average molecular weight is 404 g/mol. The van der Waals surface area contributed by atoms with Crippen LogP contribution in [0.1, 0.15) is 22.8 Å². The molecule has 6 nitrogen and oxygen atoms in total. The molecule has 3 rings (SSSR count). The fourth-order valence-electron chi connectivity index (χ4n) is 3.23. The van der Waals surface area contributed by atoms with Crippen molar-refractivity contribution in [3.63, 3.8) is 0 Å². The number of morpholine rings is 1. The van der Waals surface area contributed by atoms with Crippen LogP contribution in [0.2, 0.25) is 5.02 Å². The summed E-state index contributed by atoms with van der Waals surface area (Å²) in [6, 6.07) is 13.5. The van der Waals surface area contributed by atoms with Crippen LogP contribution < -0.4 is 15.8 Å². The molecule has 1 heterocycles. The summed E-state index contributed by atoms with van der Waals surface area (Å²) in [7, 11) is 0. The molecule has 0 aromatic heterocycles. The van der Waals surface area contributed by atoms with E-state index in [0.717, 1.165) is 13.1 Å². The van der Waals surface area contributed by atoms with Crippen molar-refractivity contribution in [3.05, 3.63) is 58.6 Å². The van der Waals surface area contributed by atoms with Gasteiger partial charge in [-0.15, -0.1) is 0 Å². The second kappa shape index (κ2) is 9.78. The molecule has 0 radical (unpaired) electrons. The molecular formula is C21H26ClN3O3. The van der Waals surface area contributed by atoms with Gasteiger partial charge in [0.25, 0.3) is 5.91 Å². The molecule has 1 aliphatic heterocycles. The van der Waals surface area contributed by atoms with E-state index in [1.165, 1.54) is 5.56 Å². The second-order valence-electron chi connectivity index (χ2n) is 6.70. The summed E-state index contributed by atoms with van der Waals surface area (Å²) >= 11 is 6.10. The number of hydrogen-bond acceptors (Lipinski definition) is 5. The van der Waals surface area contributed by atoms with Crippen LogP contribution in [0.4, 0.5) is 5.69 Å². The smallest absolute Gasteiger partial charge is 0.255 e. The van der Waals surface area contributed by atoms with Crippen LogP contribution in [-0.4, -0.2) is 49.8 Å². The highest BCUT2D eigenvalue weighted by atomic mass is 35.5. The summed E-state index contributed by atoms with van der Waals surface area (Å²) in [4.78, 5) is 15.1. The van der Waals surface area contributed by atoms with Gasteiger partial charge in [-0.25, -0.2) is 0 Å². The van der Waals surface area contributed by atoms with E-state index in [-0.39, 0.29) is 11.9 Å². The molecule has 28 heavy (non-hydrogen) atoms. The number of nitrogens with zero attached hydrogens (tertiary/aromatic N) is 1. The third-order valence-electron chi connectivity index (χ3n) is 4.72. The van der Waals surface area contributed by atoms with Gasteiger partial charge in [0, 0.05) is 25.7 Å². The summed E-state index contributed by atoms with van der Waals surface area (Å²) in [6.45, 7) is 5.68. The van der Waals surface area contributed by atoms with E-state index in [1.54, 1.807) is 12.1 Å². The first-order chi connectivity index (χ1) is 13.6. The topological polar surface area (TPSA) is 76.8 Å². The predicted molar refractivity (Wildman–Crippen MR) is 111 cm³/mol. The number of ether oxygens (including phenoxy) is 2. The number of carbonyl (C=O) groups excluding carboxylic acids is 1. The summed E-state index contributed by atoms with van der Waals surface area (Å²) in [5.74, 6) is 0.193. The summed E-state index contributed by atoms with van der Waals surface area (Å²) < 4.78 is 11.2. The maximum absolute atomic E-state index is 12.8. The zero-order valence-corrected chi connectivity index (χ0v) is 16.7. The average Bonchev–Trinajstić information content (AvgIpc) is 2.70. The lowest BCUT2D eigenvalue weighted by Crippen LogP contribution is -2.50. The first kappa shape index (κ1) is 20.5. The van der Waals surface area contributed by atoms with Gasteiger partial charge in [-0.05, 0) is 18.6 Å². The minimum atomic E-state index is -0.240. The second-order valence-corrected chi connectivity index (χ2v) is 7.10. The number of rotatable bonds is 7. The number of nitrogens with one attached hydrogen (secondary N) is 1. The van der Waals surface area contributed by atoms with Crippen LogP contribution in [0.3, 0.4) is 0 Å². The number of benzene rings is 2. The van der Waals surface area contributed by atoms with E-state index in [2.05, 4.69) is 22.3 Å². The number of nitrogens with two attached hydrogens (primary N) is 1. The van der Waals surface area contributed by atoms with Gasteiger partial charge in [0.05, 0.1) is 42.1 Å². The Balaban J connectivity index is 1.66. The molecule has 0 spiro atoms. The minimum Gasteiger partial charge on any atom is -0.493 e. The highest BCUT2D eigenvalue weighted by Crippen LogP contribution is 2.29. The van der Waals surface area contributed by atoms with Crippen molar-refractivity contribution in [1.29, 1.82) is 0 Å². The number of hydrogen-bond donors (Lipinski definition) is 2.